The maximum atomic E-state index is 13.3. The number of hydrogen-bond donors (Lipinski definition) is 3. The number of amides is 1. The summed E-state index contributed by atoms with van der Waals surface area (Å²) in [6, 6.07) is 2.35. The van der Waals surface area contributed by atoms with Gasteiger partial charge in [-0.1, -0.05) is 12.8 Å². The van der Waals surface area contributed by atoms with E-state index in [1.54, 1.807) is 12.3 Å². The summed E-state index contributed by atoms with van der Waals surface area (Å²) in [5, 5.41) is 20.5. The van der Waals surface area contributed by atoms with E-state index in [2.05, 4.69) is 30.7 Å². The molecule has 42 heavy (non-hydrogen) atoms. The van der Waals surface area contributed by atoms with Crippen LogP contribution in [0.3, 0.4) is 0 Å². The third kappa shape index (κ3) is 7.47. The Hall–Kier alpha value is -3.93. The van der Waals surface area contributed by atoms with E-state index in [9.17, 15) is 31.1 Å². The van der Waals surface area contributed by atoms with Crippen molar-refractivity contribution in [1.82, 2.24) is 29.3 Å². The number of alkyl halides is 6. The van der Waals surface area contributed by atoms with E-state index in [1.807, 2.05) is 0 Å². The standard InChI is InChI=1S/C22H27F3N8O2.C2HF3O2/c1-31-13-16(19(30-31)22(23,24)25)28-21(34)14-12-26-33-7-6-18(29-20(14)33)27-15-4-2-3-5-17(15)32-8-10-35-11-9-32;3-2(4,5)1(6)7/h6-7,12-13,15,17H,2-5,8-11H2,1H3,(H,27,29)(H,28,34);(H,6,7)/t15-,17+;/m1./s1. The van der Waals surface area contributed by atoms with Crippen LogP contribution in [-0.4, -0.2) is 90.8 Å². The molecule has 12 nitrogen and oxygen atoms in total. The largest absolute Gasteiger partial charge is 0.490 e. The first-order valence-corrected chi connectivity index (χ1v) is 12.9. The molecule has 0 unspecified atom stereocenters. The third-order valence-electron chi connectivity index (χ3n) is 6.78. The van der Waals surface area contributed by atoms with E-state index in [-0.39, 0.29) is 17.3 Å². The summed E-state index contributed by atoms with van der Waals surface area (Å²) in [4.78, 5) is 28.8. The van der Waals surface area contributed by atoms with Gasteiger partial charge in [-0.25, -0.2) is 14.3 Å². The molecule has 2 aliphatic rings. The second-order valence-corrected chi connectivity index (χ2v) is 9.71. The Morgan fingerprint density at radius 2 is 1.76 bits per heavy atom. The highest BCUT2D eigenvalue weighted by atomic mass is 19.4. The molecule has 1 aliphatic heterocycles. The number of aryl methyl sites for hydroxylation is 1. The summed E-state index contributed by atoms with van der Waals surface area (Å²) in [7, 11) is 1.36. The minimum atomic E-state index is -5.08. The van der Waals surface area contributed by atoms with Crippen LogP contribution in [0.15, 0.2) is 24.7 Å². The van der Waals surface area contributed by atoms with Crippen LogP contribution in [0.2, 0.25) is 0 Å². The lowest BCUT2D eigenvalue weighted by Gasteiger charge is -2.42. The monoisotopic (exact) mass is 606 g/mol. The zero-order valence-corrected chi connectivity index (χ0v) is 22.2. The molecule has 3 N–H and O–H groups in total. The van der Waals surface area contributed by atoms with Crippen molar-refractivity contribution in [2.75, 3.05) is 36.9 Å². The normalized spacial score (nSPS) is 20.1. The summed E-state index contributed by atoms with van der Waals surface area (Å²) < 4.78 is 79.5. The molecule has 2 fully saturated rings. The Balaban J connectivity index is 0.000000517. The van der Waals surface area contributed by atoms with E-state index in [0.717, 1.165) is 56.4 Å². The number of aromatic nitrogens is 5. The number of carboxylic acid groups (broad SMARTS) is 1. The topological polar surface area (TPSA) is 139 Å². The lowest BCUT2D eigenvalue weighted by molar-refractivity contribution is -0.192. The Morgan fingerprint density at radius 1 is 1.10 bits per heavy atom. The highest BCUT2D eigenvalue weighted by molar-refractivity contribution is 6.08. The van der Waals surface area contributed by atoms with Crippen LogP contribution in [0.25, 0.3) is 5.65 Å². The second kappa shape index (κ2) is 12.5. The molecular weight excluding hydrogens is 578 g/mol. The molecule has 1 aliphatic carbocycles. The maximum Gasteiger partial charge on any atom is 0.490 e. The van der Waals surface area contributed by atoms with Gasteiger partial charge in [-0.2, -0.15) is 36.5 Å². The third-order valence-corrected chi connectivity index (χ3v) is 6.78. The number of hydrogen-bond acceptors (Lipinski definition) is 8. The van der Waals surface area contributed by atoms with Crippen molar-refractivity contribution in [2.45, 2.75) is 50.1 Å². The summed E-state index contributed by atoms with van der Waals surface area (Å²) >= 11 is 0. The zero-order chi connectivity index (χ0) is 30.7. The number of halogens is 6. The van der Waals surface area contributed by atoms with E-state index in [1.165, 1.54) is 24.2 Å². The SMILES string of the molecule is Cn1cc(NC(=O)c2cnn3ccc(N[C@@H]4CCCC[C@@H]4N4CCOCC4)nc23)c(C(F)(F)F)n1.O=C(O)C(F)(F)F. The van der Waals surface area contributed by atoms with Gasteiger partial charge in [0.15, 0.2) is 11.3 Å². The van der Waals surface area contributed by atoms with Gasteiger partial charge in [-0.15, -0.1) is 0 Å². The lowest BCUT2D eigenvalue weighted by Crippen LogP contribution is -2.52. The molecule has 0 aromatic carbocycles. The molecule has 1 amide bonds. The van der Waals surface area contributed by atoms with Crippen LogP contribution in [0.1, 0.15) is 41.7 Å². The Labute approximate surface area is 234 Å². The van der Waals surface area contributed by atoms with Gasteiger partial charge in [0.05, 0.1) is 25.1 Å². The van der Waals surface area contributed by atoms with E-state index >= 15 is 0 Å². The second-order valence-electron chi connectivity index (χ2n) is 9.71. The van der Waals surface area contributed by atoms with Crippen molar-refractivity contribution in [1.29, 1.82) is 0 Å². The fraction of sp³-hybridized carbons (Fsp3) is 0.542. The smallest absolute Gasteiger partial charge is 0.475 e. The van der Waals surface area contributed by atoms with Crippen molar-refractivity contribution in [3.63, 3.8) is 0 Å². The highest BCUT2D eigenvalue weighted by Crippen LogP contribution is 2.34. The summed E-state index contributed by atoms with van der Waals surface area (Å²) in [5.74, 6) is -2.91. The molecule has 18 heteroatoms. The zero-order valence-electron chi connectivity index (χ0n) is 22.2. The summed E-state index contributed by atoms with van der Waals surface area (Å²) in [5.41, 5.74) is -1.26. The number of morpholine rings is 1. The van der Waals surface area contributed by atoms with E-state index in [0.29, 0.717) is 11.9 Å². The van der Waals surface area contributed by atoms with Crippen LogP contribution in [-0.2, 0) is 22.8 Å². The van der Waals surface area contributed by atoms with Gasteiger partial charge < -0.3 is 20.5 Å². The van der Waals surface area contributed by atoms with Crippen molar-refractivity contribution in [2.24, 2.45) is 7.05 Å². The Bertz CT molecular complexity index is 1400. The number of rotatable bonds is 5. The van der Waals surface area contributed by atoms with Crippen LogP contribution in [0, 0.1) is 0 Å². The first kappa shape index (κ1) is 31.0. The first-order chi connectivity index (χ1) is 19.7. The van der Waals surface area contributed by atoms with Crippen molar-refractivity contribution in [3.05, 3.63) is 35.9 Å². The average Bonchev–Trinajstić information content (AvgIpc) is 3.52. The van der Waals surface area contributed by atoms with Crippen molar-refractivity contribution in [3.8, 4) is 0 Å². The van der Waals surface area contributed by atoms with Crippen LogP contribution >= 0.6 is 0 Å². The molecule has 1 saturated heterocycles. The number of ether oxygens (including phenoxy) is 1. The molecule has 3 aromatic rings. The number of carboxylic acids is 1. The molecule has 5 rings (SSSR count). The van der Waals surface area contributed by atoms with Gasteiger partial charge >= 0.3 is 18.3 Å². The Morgan fingerprint density at radius 3 is 2.40 bits per heavy atom. The molecule has 3 aromatic heterocycles. The molecule has 2 atom stereocenters. The highest BCUT2D eigenvalue weighted by Gasteiger charge is 2.39. The van der Waals surface area contributed by atoms with E-state index in [4.69, 9.17) is 14.6 Å². The Kier molecular flexibility index (Phi) is 9.24. The van der Waals surface area contributed by atoms with Gasteiger partial charge in [0, 0.05) is 44.6 Å². The fourth-order valence-corrected chi connectivity index (χ4v) is 4.90. The number of fused-ring (bicyclic) bond motifs is 1. The van der Waals surface area contributed by atoms with Gasteiger partial charge in [0.1, 0.15) is 11.4 Å². The molecule has 1 saturated carbocycles. The number of nitrogens with one attached hydrogen (secondary N) is 2. The van der Waals surface area contributed by atoms with E-state index < -0.39 is 35.6 Å². The summed E-state index contributed by atoms with van der Waals surface area (Å²) in [6.45, 7) is 3.26. The lowest BCUT2D eigenvalue weighted by atomic mass is 9.89. The van der Waals surface area contributed by atoms with Gasteiger partial charge in [-0.05, 0) is 18.9 Å². The maximum absolute atomic E-state index is 13.3. The number of nitrogens with zero attached hydrogens (tertiary/aromatic N) is 6. The minimum Gasteiger partial charge on any atom is -0.475 e. The number of carbonyl (C=O) groups is 2. The molecule has 0 radical (unpaired) electrons. The number of aliphatic carboxylic acids is 1. The minimum absolute atomic E-state index is 0.0685. The van der Waals surface area contributed by atoms with Crippen molar-refractivity contribution < 1.29 is 45.8 Å². The van der Waals surface area contributed by atoms with Gasteiger partial charge in [0.2, 0.25) is 0 Å². The molecule has 0 bridgehead atoms. The van der Waals surface area contributed by atoms with Crippen LogP contribution in [0.5, 0.6) is 0 Å². The predicted octanol–water partition coefficient (Wildman–Crippen LogP) is 3.42. The molecule has 230 valence electrons. The molecular formula is C24H28F6N8O4. The van der Waals surface area contributed by atoms with Gasteiger partial charge in [0.25, 0.3) is 5.91 Å². The van der Waals surface area contributed by atoms with Gasteiger partial charge in [-0.3, -0.25) is 14.4 Å². The average molecular weight is 607 g/mol. The fourth-order valence-electron chi connectivity index (χ4n) is 4.90. The quantitative estimate of drug-likeness (QED) is 0.373. The molecule has 4 heterocycles. The van der Waals surface area contributed by atoms with Crippen LogP contribution < -0.4 is 10.6 Å². The predicted molar refractivity (Wildman–Crippen MR) is 135 cm³/mol. The number of anilines is 2. The van der Waals surface area contributed by atoms with Crippen LogP contribution in [0.4, 0.5) is 37.8 Å². The summed E-state index contributed by atoms with van der Waals surface area (Å²) in [6.07, 6.45) is -1.31. The first-order valence-electron chi connectivity index (χ1n) is 12.9. The van der Waals surface area contributed by atoms with Crippen molar-refractivity contribution >= 4 is 29.0 Å². The number of carbonyl (C=O) groups excluding carboxylic acids is 1. The molecule has 0 spiro atoms.